The summed E-state index contributed by atoms with van der Waals surface area (Å²) in [5, 5.41) is 0. The zero-order chi connectivity index (χ0) is 21.0. The number of amides is 2. The van der Waals surface area contributed by atoms with Crippen LogP contribution in [0.15, 0.2) is 42.6 Å². The number of hydrazine groups is 1. The van der Waals surface area contributed by atoms with E-state index >= 15 is 0 Å². The van der Waals surface area contributed by atoms with Crippen molar-refractivity contribution >= 4 is 17.6 Å². The van der Waals surface area contributed by atoms with Crippen molar-refractivity contribution in [1.29, 1.82) is 0 Å². The second-order valence-corrected chi connectivity index (χ2v) is 6.59. The summed E-state index contributed by atoms with van der Waals surface area (Å²) < 4.78 is 51.4. The van der Waals surface area contributed by atoms with Gasteiger partial charge in [0.1, 0.15) is 11.6 Å². The van der Waals surface area contributed by atoms with E-state index in [0.717, 1.165) is 18.3 Å². The number of anilines is 1. The van der Waals surface area contributed by atoms with Crippen molar-refractivity contribution in [3.8, 4) is 0 Å². The third-order valence-electron chi connectivity index (χ3n) is 4.68. The number of alkyl halides is 3. The summed E-state index contributed by atoms with van der Waals surface area (Å²) in [6.45, 7) is 0.857. The van der Waals surface area contributed by atoms with E-state index in [9.17, 15) is 27.2 Å². The molecule has 1 aromatic carbocycles. The highest BCUT2D eigenvalue weighted by Crippen LogP contribution is 2.30. The normalized spacial score (nSPS) is 15.1. The van der Waals surface area contributed by atoms with Crippen LogP contribution in [-0.2, 0) is 11.0 Å². The number of aromatic nitrogens is 1. The molecular formula is C19H18F4N4O2. The van der Waals surface area contributed by atoms with E-state index in [4.69, 9.17) is 0 Å². The molecule has 1 fully saturated rings. The van der Waals surface area contributed by atoms with E-state index < -0.39 is 29.4 Å². The van der Waals surface area contributed by atoms with Crippen LogP contribution in [-0.4, -0.2) is 29.9 Å². The van der Waals surface area contributed by atoms with Gasteiger partial charge in [0.25, 0.3) is 5.91 Å². The molecule has 0 saturated carbocycles. The summed E-state index contributed by atoms with van der Waals surface area (Å²) in [7, 11) is 0. The minimum Gasteiger partial charge on any atom is -0.357 e. The van der Waals surface area contributed by atoms with Gasteiger partial charge in [0, 0.05) is 25.2 Å². The van der Waals surface area contributed by atoms with Gasteiger partial charge in [-0.2, -0.15) is 13.2 Å². The van der Waals surface area contributed by atoms with Crippen LogP contribution in [0.5, 0.6) is 0 Å². The first-order valence-corrected chi connectivity index (χ1v) is 8.88. The summed E-state index contributed by atoms with van der Waals surface area (Å²) in [4.78, 5) is 29.8. The number of nitrogens with one attached hydrogen (secondary N) is 2. The average molecular weight is 410 g/mol. The molecule has 2 N–H and O–H groups in total. The Balaban J connectivity index is 1.49. The molecule has 0 aliphatic carbocycles. The maximum atomic E-state index is 13.6. The predicted octanol–water partition coefficient (Wildman–Crippen LogP) is 2.92. The zero-order valence-corrected chi connectivity index (χ0v) is 15.2. The Kier molecular flexibility index (Phi) is 6.00. The fourth-order valence-electron chi connectivity index (χ4n) is 3.04. The van der Waals surface area contributed by atoms with Crippen molar-refractivity contribution in [2.45, 2.75) is 19.0 Å². The van der Waals surface area contributed by atoms with Crippen molar-refractivity contribution in [3.63, 3.8) is 0 Å². The molecule has 0 bridgehead atoms. The number of carbonyl (C=O) groups excluding carboxylic acids is 2. The van der Waals surface area contributed by atoms with Gasteiger partial charge >= 0.3 is 6.18 Å². The van der Waals surface area contributed by atoms with E-state index in [1.54, 1.807) is 4.90 Å². The van der Waals surface area contributed by atoms with Gasteiger partial charge in [-0.25, -0.2) is 9.37 Å². The van der Waals surface area contributed by atoms with Crippen molar-refractivity contribution in [2.75, 3.05) is 18.0 Å². The van der Waals surface area contributed by atoms with Crippen LogP contribution >= 0.6 is 0 Å². The topological polar surface area (TPSA) is 74.3 Å². The Morgan fingerprint density at radius 2 is 1.72 bits per heavy atom. The Hall–Kier alpha value is -3.17. The van der Waals surface area contributed by atoms with Gasteiger partial charge in [-0.3, -0.25) is 20.4 Å². The molecule has 2 heterocycles. The first kappa shape index (κ1) is 20.6. The number of piperidine rings is 1. The van der Waals surface area contributed by atoms with Gasteiger partial charge in [-0.05, 0) is 37.1 Å². The van der Waals surface area contributed by atoms with Crippen molar-refractivity contribution < 1.29 is 27.2 Å². The molecule has 154 valence electrons. The molecule has 0 unspecified atom stereocenters. The van der Waals surface area contributed by atoms with Crippen LogP contribution in [0.4, 0.5) is 23.4 Å². The van der Waals surface area contributed by atoms with Gasteiger partial charge in [0.15, 0.2) is 0 Å². The molecule has 2 amide bonds. The van der Waals surface area contributed by atoms with Crippen molar-refractivity contribution in [2.24, 2.45) is 5.92 Å². The van der Waals surface area contributed by atoms with E-state index in [0.29, 0.717) is 31.7 Å². The molecule has 0 spiro atoms. The van der Waals surface area contributed by atoms with Crippen LogP contribution in [0.3, 0.4) is 0 Å². The van der Waals surface area contributed by atoms with Crippen LogP contribution < -0.4 is 15.8 Å². The number of halogens is 4. The number of nitrogens with zero attached hydrogens (tertiary/aromatic N) is 2. The van der Waals surface area contributed by atoms with Crippen LogP contribution in [0.2, 0.25) is 0 Å². The molecular weight excluding hydrogens is 392 g/mol. The number of benzene rings is 1. The lowest BCUT2D eigenvalue weighted by Crippen LogP contribution is -2.47. The molecule has 1 aliphatic heterocycles. The number of rotatable bonds is 3. The monoisotopic (exact) mass is 410 g/mol. The molecule has 1 aromatic heterocycles. The largest absolute Gasteiger partial charge is 0.417 e. The molecule has 3 rings (SSSR count). The predicted molar refractivity (Wildman–Crippen MR) is 96.2 cm³/mol. The maximum absolute atomic E-state index is 13.6. The summed E-state index contributed by atoms with van der Waals surface area (Å²) in [5.41, 5.74) is 3.48. The summed E-state index contributed by atoms with van der Waals surface area (Å²) in [5.74, 6) is -1.85. The highest BCUT2D eigenvalue weighted by Gasteiger charge is 2.31. The SMILES string of the molecule is O=C(NNC(=O)C1CCN(c2ccc(C(F)(F)F)cn2)CC1)c1ccccc1F. The first-order chi connectivity index (χ1) is 13.8. The fourth-order valence-corrected chi connectivity index (χ4v) is 3.04. The fraction of sp³-hybridized carbons (Fsp3) is 0.316. The van der Waals surface area contributed by atoms with Crippen LogP contribution in [0, 0.1) is 11.7 Å². The number of pyridine rings is 1. The maximum Gasteiger partial charge on any atom is 0.417 e. The quantitative estimate of drug-likeness (QED) is 0.603. The number of hydrogen-bond acceptors (Lipinski definition) is 4. The van der Waals surface area contributed by atoms with Gasteiger partial charge in [0.05, 0.1) is 11.1 Å². The van der Waals surface area contributed by atoms with E-state index in [-0.39, 0.29) is 11.5 Å². The van der Waals surface area contributed by atoms with Crippen molar-refractivity contribution in [1.82, 2.24) is 15.8 Å². The zero-order valence-electron chi connectivity index (χ0n) is 15.2. The van der Waals surface area contributed by atoms with E-state index in [1.807, 2.05) is 0 Å². The van der Waals surface area contributed by atoms with E-state index in [2.05, 4.69) is 15.8 Å². The van der Waals surface area contributed by atoms with Gasteiger partial charge in [0.2, 0.25) is 5.91 Å². The second kappa shape index (κ2) is 8.46. The Bertz CT molecular complexity index is 879. The molecule has 1 aliphatic rings. The number of hydrogen-bond donors (Lipinski definition) is 2. The lowest BCUT2D eigenvalue weighted by molar-refractivity contribution is -0.137. The standard InChI is InChI=1S/C19H18F4N4O2/c20-15-4-2-1-3-14(15)18(29)26-25-17(28)12-7-9-27(10-8-12)16-6-5-13(11-24-16)19(21,22)23/h1-6,11-12H,7-10H2,(H,25,28)(H,26,29). The molecule has 1 saturated heterocycles. The minimum absolute atomic E-state index is 0.184. The molecule has 10 heteroatoms. The van der Waals surface area contributed by atoms with Gasteiger partial charge in [-0.15, -0.1) is 0 Å². The van der Waals surface area contributed by atoms with Gasteiger partial charge < -0.3 is 4.90 Å². The van der Waals surface area contributed by atoms with Crippen LogP contribution in [0.25, 0.3) is 0 Å². The third-order valence-corrected chi connectivity index (χ3v) is 4.68. The minimum atomic E-state index is -4.44. The van der Waals surface area contributed by atoms with Crippen molar-refractivity contribution in [3.05, 3.63) is 59.5 Å². The molecule has 0 radical (unpaired) electrons. The summed E-state index contributed by atoms with van der Waals surface area (Å²) >= 11 is 0. The third kappa shape index (κ3) is 5.01. The second-order valence-electron chi connectivity index (χ2n) is 6.59. The molecule has 6 nitrogen and oxygen atoms in total. The Morgan fingerprint density at radius 1 is 1.03 bits per heavy atom. The smallest absolute Gasteiger partial charge is 0.357 e. The first-order valence-electron chi connectivity index (χ1n) is 8.88. The summed E-state index contributed by atoms with van der Waals surface area (Å²) in [6, 6.07) is 7.67. The Morgan fingerprint density at radius 3 is 2.31 bits per heavy atom. The number of carbonyl (C=O) groups is 2. The average Bonchev–Trinajstić information content (AvgIpc) is 2.71. The summed E-state index contributed by atoms with van der Waals surface area (Å²) in [6.07, 6.45) is -2.79. The molecule has 29 heavy (non-hydrogen) atoms. The van der Waals surface area contributed by atoms with Crippen LogP contribution in [0.1, 0.15) is 28.8 Å². The Labute approximate surface area is 163 Å². The lowest BCUT2D eigenvalue weighted by Gasteiger charge is -2.32. The van der Waals surface area contributed by atoms with Gasteiger partial charge in [-0.1, -0.05) is 12.1 Å². The molecule has 0 atom stereocenters. The molecule has 2 aromatic rings. The lowest BCUT2D eigenvalue weighted by atomic mass is 9.96. The van der Waals surface area contributed by atoms with E-state index in [1.165, 1.54) is 24.3 Å². The highest BCUT2D eigenvalue weighted by atomic mass is 19.4. The highest BCUT2D eigenvalue weighted by molar-refractivity contribution is 5.95.